The van der Waals surface area contributed by atoms with E-state index in [1.165, 1.54) is 25.9 Å². The molecule has 0 spiro atoms. The van der Waals surface area contributed by atoms with Crippen LogP contribution in [0.4, 0.5) is 4.79 Å². The number of piperidine rings is 1. The van der Waals surface area contributed by atoms with E-state index in [2.05, 4.69) is 32.4 Å². The van der Waals surface area contributed by atoms with E-state index >= 15 is 0 Å². The maximum atomic E-state index is 12.0. The number of amides is 2. The molecule has 1 aliphatic heterocycles. The van der Waals surface area contributed by atoms with Gasteiger partial charge in [-0.1, -0.05) is 6.92 Å². The molecule has 1 saturated heterocycles. The van der Waals surface area contributed by atoms with Gasteiger partial charge in [-0.05, 0) is 75.9 Å². The third kappa shape index (κ3) is 6.05. The lowest BCUT2D eigenvalue weighted by Gasteiger charge is -2.30. The average molecular weight is 385 g/mol. The Morgan fingerprint density at radius 3 is 2.75 bits per heavy atom. The first-order valence-corrected chi connectivity index (χ1v) is 10.3. The van der Waals surface area contributed by atoms with E-state index in [0.29, 0.717) is 13.1 Å². The van der Waals surface area contributed by atoms with Crippen molar-refractivity contribution in [1.82, 2.24) is 30.1 Å². The minimum absolute atomic E-state index is 0.121. The number of hydrogen-bond donors (Lipinski definition) is 2. The third-order valence-electron chi connectivity index (χ3n) is 5.40. The summed E-state index contributed by atoms with van der Waals surface area (Å²) in [6.07, 6.45) is 10.2. The predicted octanol–water partition coefficient (Wildman–Crippen LogP) is 2.89. The molecule has 28 heavy (non-hydrogen) atoms. The molecule has 0 radical (unpaired) electrons. The second kappa shape index (κ2) is 10.2. The molecule has 0 atom stereocenters. The van der Waals surface area contributed by atoms with Gasteiger partial charge in [0.15, 0.2) is 0 Å². The highest BCUT2D eigenvalue weighted by molar-refractivity contribution is 5.73. The molecule has 0 unspecified atom stereocenters. The normalized spacial score (nSPS) is 15.5. The fourth-order valence-electron chi connectivity index (χ4n) is 3.52. The number of urea groups is 1. The number of pyridine rings is 1. The van der Waals surface area contributed by atoms with Crippen LogP contribution in [0.3, 0.4) is 0 Å². The molecule has 0 aliphatic carbocycles. The zero-order chi connectivity index (χ0) is 19.8. The van der Waals surface area contributed by atoms with Crippen LogP contribution in [0.1, 0.15) is 44.0 Å². The van der Waals surface area contributed by atoms with Gasteiger partial charge in [-0.15, -0.1) is 0 Å². The maximum absolute atomic E-state index is 12.0. The molecule has 2 aromatic heterocycles. The number of carbonyl (C=O) groups excluding carboxylic acids is 1. The molecule has 1 aliphatic rings. The largest absolute Gasteiger partial charge is 0.338 e. The number of aryl methyl sites for hydroxylation is 1. The Hall–Kier alpha value is -2.41. The Morgan fingerprint density at radius 2 is 2.00 bits per heavy atom. The van der Waals surface area contributed by atoms with Crippen molar-refractivity contribution in [3.63, 3.8) is 0 Å². The number of carbonyl (C=O) groups is 1. The Bertz CT molecular complexity index is 751. The van der Waals surface area contributed by atoms with Crippen molar-refractivity contribution in [1.29, 1.82) is 0 Å². The van der Waals surface area contributed by atoms with Gasteiger partial charge in [0.05, 0.1) is 0 Å². The summed E-state index contributed by atoms with van der Waals surface area (Å²) >= 11 is 0. The first-order chi connectivity index (χ1) is 13.6. The summed E-state index contributed by atoms with van der Waals surface area (Å²) in [5.41, 5.74) is 1.01. The Kier molecular flexibility index (Phi) is 7.42. The van der Waals surface area contributed by atoms with Crippen LogP contribution in [-0.2, 0) is 6.54 Å². The quantitative estimate of drug-likeness (QED) is 0.686. The fourth-order valence-corrected chi connectivity index (χ4v) is 3.52. The van der Waals surface area contributed by atoms with Gasteiger partial charge in [0.2, 0.25) is 0 Å². The van der Waals surface area contributed by atoms with Crippen LogP contribution in [0, 0.1) is 12.8 Å². The SMILES string of the molecule is Cc1nccn1-c1cc(CNC(=O)NCCCCN2CCC(C)CC2)ccn1. The molecular formula is C21H32N6O. The minimum Gasteiger partial charge on any atom is -0.338 e. The summed E-state index contributed by atoms with van der Waals surface area (Å²) in [5.74, 6) is 2.57. The van der Waals surface area contributed by atoms with Gasteiger partial charge in [-0.25, -0.2) is 14.8 Å². The van der Waals surface area contributed by atoms with Gasteiger partial charge in [-0.2, -0.15) is 0 Å². The monoisotopic (exact) mass is 384 g/mol. The first-order valence-electron chi connectivity index (χ1n) is 10.3. The molecule has 0 saturated carbocycles. The van der Waals surface area contributed by atoms with Crippen molar-refractivity contribution in [3.8, 4) is 5.82 Å². The van der Waals surface area contributed by atoms with E-state index in [1.807, 2.05) is 29.8 Å². The van der Waals surface area contributed by atoms with E-state index in [4.69, 9.17) is 0 Å². The number of likely N-dealkylation sites (tertiary alicyclic amines) is 1. The summed E-state index contributed by atoms with van der Waals surface area (Å²) < 4.78 is 1.92. The van der Waals surface area contributed by atoms with Crippen molar-refractivity contribution < 1.29 is 4.79 Å². The lowest BCUT2D eigenvalue weighted by Crippen LogP contribution is -2.36. The number of aromatic nitrogens is 3. The minimum atomic E-state index is -0.121. The van der Waals surface area contributed by atoms with Crippen LogP contribution in [0.15, 0.2) is 30.7 Å². The highest BCUT2D eigenvalue weighted by Crippen LogP contribution is 2.16. The van der Waals surface area contributed by atoms with E-state index in [9.17, 15) is 4.79 Å². The van der Waals surface area contributed by atoms with Gasteiger partial charge < -0.3 is 15.5 Å². The second-order valence-corrected chi connectivity index (χ2v) is 7.71. The standard InChI is InChI=1S/C21H32N6O/c1-17-6-12-26(13-7-17)11-4-3-8-24-21(28)25-16-19-5-9-23-20(15-19)27-14-10-22-18(27)2/h5,9-10,14-15,17H,3-4,6-8,11-13,16H2,1-2H3,(H2,24,25,28). The number of nitrogens with one attached hydrogen (secondary N) is 2. The van der Waals surface area contributed by atoms with Crippen LogP contribution >= 0.6 is 0 Å². The van der Waals surface area contributed by atoms with Gasteiger partial charge in [-0.3, -0.25) is 4.57 Å². The Labute approximate surface area is 167 Å². The van der Waals surface area contributed by atoms with Crippen LogP contribution in [0.25, 0.3) is 5.82 Å². The first kappa shape index (κ1) is 20.3. The van der Waals surface area contributed by atoms with E-state index in [0.717, 1.165) is 42.5 Å². The molecule has 2 aromatic rings. The van der Waals surface area contributed by atoms with Gasteiger partial charge in [0, 0.05) is 31.7 Å². The summed E-state index contributed by atoms with van der Waals surface area (Å²) in [6, 6.07) is 3.76. The van der Waals surface area contributed by atoms with Crippen LogP contribution in [-0.4, -0.2) is 51.6 Å². The molecular weight excluding hydrogens is 352 g/mol. The zero-order valence-corrected chi connectivity index (χ0v) is 17.0. The average Bonchev–Trinajstić information content (AvgIpc) is 3.14. The second-order valence-electron chi connectivity index (χ2n) is 7.71. The molecule has 1 fully saturated rings. The van der Waals surface area contributed by atoms with E-state index in [1.54, 1.807) is 12.4 Å². The maximum Gasteiger partial charge on any atom is 0.315 e. The number of rotatable bonds is 8. The van der Waals surface area contributed by atoms with Gasteiger partial charge in [0.1, 0.15) is 11.6 Å². The number of unbranched alkanes of at least 4 members (excludes halogenated alkanes) is 1. The van der Waals surface area contributed by atoms with Gasteiger partial charge in [0.25, 0.3) is 0 Å². The van der Waals surface area contributed by atoms with Crippen LogP contribution in [0.5, 0.6) is 0 Å². The summed E-state index contributed by atoms with van der Waals surface area (Å²) in [4.78, 5) is 23.2. The smallest absolute Gasteiger partial charge is 0.315 e. The molecule has 2 amide bonds. The summed E-state index contributed by atoms with van der Waals surface area (Å²) in [5, 5.41) is 5.87. The van der Waals surface area contributed by atoms with Crippen LogP contribution < -0.4 is 10.6 Å². The van der Waals surface area contributed by atoms with E-state index < -0.39 is 0 Å². The Balaban J connectivity index is 1.32. The highest BCUT2D eigenvalue weighted by Gasteiger charge is 2.14. The highest BCUT2D eigenvalue weighted by atomic mass is 16.2. The van der Waals surface area contributed by atoms with Crippen molar-refractivity contribution in [2.24, 2.45) is 5.92 Å². The summed E-state index contributed by atoms with van der Waals surface area (Å²) in [6.45, 7) is 9.05. The molecule has 152 valence electrons. The van der Waals surface area contributed by atoms with Crippen molar-refractivity contribution in [2.75, 3.05) is 26.2 Å². The van der Waals surface area contributed by atoms with Gasteiger partial charge >= 0.3 is 6.03 Å². The number of nitrogens with zero attached hydrogens (tertiary/aromatic N) is 4. The topological polar surface area (TPSA) is 75.1 Å². The third-order valence-corrected chi connectivity index (χ3v) is 5.40. The lowest BCUT2D eigenvalue weighted by molar-refractivity contribution is 0.189. The van der Waals surface area contributed by atoms with Crippen molar-refractivity contribution in [2.45, 2.75) is 46.1 Å². The predicted molar refractivity (Wildman–Crippen MR) is 110 cm³/mol. The molecule has 7 heteroatoms. The van der Waals surface area contributed by atoms with Crippen molar-refractivity contribution >= 4 is 6.03 Å². The fraction of sp³-hybridized carbons (Fsp3) is 0.571. The lowest BCUT2D eigenvalue weighted by atomic mass is 9.99. The van der Waals surface area contributed by atoms with Crippen LogP contribution in [0.2, 0.25) is 0 Å². The molecule has 0 bridgehead atoms. The molecule has 7 nitrogen and oxygen atoms in total. The Morgan fingerprint density at radius 1 is 1.18 bits per heavy atom. The molecule has 3 heterocycles. The molecule has 3 rings (SSSR count). The van der Waals surface area contributed by atoms with Crippen molar-refractivity contribution in [3.05, 3.63) is 42.1 Å². The number of imidazole rings is 1. The zero-order valence-electron chi connectivity index (χ0n) is 17.0. The molecule has 2 N–H and O–H groups in total. The number of hydrogen-bond acceptors (Lipinski definition) is 4. The summed E-state index contributed by atoms with van der Waals surface area (Å²) in [7, 11) is 0. The van der Waals surface area contributed by atoms with E-state index in [-0.39, 0.29) is 6.03 Å². The molecule has 0 aromatic carbocycles.